The van der Waals surface area contributed by atoms with Gasteiger partial charge in [-0.15, -0.1) is 12.4 Å². The number of hydrogen-bond acceptors (Lipinski definition) is 3. The van der Waals surface area contributed by atoms with Gasteiger partial charge in [-0.3, -0.25) is 9.48 Å². The summed E-state index contributed by atoms with van der Waals surface area (Å²) in [5.74, 6) is 0.160. The van der Waals surface area contributed by atoms with Crippen LogP contribution in [0.1, 0.15) is 30.5 Å². The Morgan fingerprint density at radius 1 is 1.36 bits per heavy atom. The summed E-state index contributed by atoms with van der Waals surface area (Å²) in [6.45, 7) is 5.07. The van der Waals surface area contributed by atoms with Crippen LogP contribution in [0, 0.1) is 0 Å². The van der Waals surface area contributed by atoms with Gasteiger partial charge in [0.2, 0.25) is 5.91 Å². The minimum atomic E-state index is 0. The number of nitrogens with zero attached hydrogens (tertiary/aromatic N) is 3. The molecule has 1 fully saturated rings. The highest BCUT2D eigenvalue weighted by Gasteiger charge is 2.27. The number of hydrogen-bond donors (Lipinski definition) is 1. The highest BCUT2D eigenvalue weighted by molar-refractivity contribution is 6.30. The van der Waals surface area contributed by atoms with Crippen LogP contribution >= 0.6 is 24.0 Å². The molecule has 0 bridgehead atoms. The highest BCUT2D eigenvalue weighted by atomic mass is 35.5. The first-order chi connectivity index (χ1) is 11.7. The summed E-state index contributed by atoms with van der Waals surface area (Å²) in [4.78, 5) is 14.7. The van der Waals surface area contributed by atoms with Gasteiger partial charge in [0.25, 0.3) is 0 Å². The first kappa shape index (κ1) is 19.8. The van der Waals surface area contributed by atoms with Gasteiger partial charge in [-0.05, 0) is 17.5 Å². The Kier molecular flexibility index (Phi) is 7.29. The quantitative estimate of drug-likeness (QED) is 0.864. The maximum absolute atomic E-state index is 12.7. The lowest BCUT2D eigenvalue weighted by Crippen LogP contribution is -2.48. The van der Waals surface area contributed by atoms with Crippen LogP contribution in [0.3, 0.4) is 0 Å². The molecule has 1 aromatic heterocycles. The van der Waals surface area contributed by atoms with Crippen LogP contribution < -0.4 is 5.32 Å². The fourth-order valence-electron chi connectivity index (χ4n) is 3.09. The highest BCUT2D eigenvalue weighted by Crippen LogP contribution is 2.23. The molecule has 0 saturated carbocycles. The van der Waals surface area contributed by atoms with Crippen molar-refractivity contribution in [3.8, 4) is 0 Å². The molecule has 0 aliphatic carbocycles. The average molecular weight is 383 g/mol. The van der Waals surface area contributed by atoms with Gasteiger partial charge in [0, 0.05) is 38.8 Å². The summed E-state index contributed by atoms with van der Waals surface area (Å²) in [6.07, 6.45) is 4.79. The Bertz CT molecular complexity index is 687. The van der Waals surface area contributed by atoms with Crippen molar-refractivity contribution in [2.75, 3.05) is 19.6 Å². The van der Waals surface area contributed by atoms with Crippen LogP contribution in [-0.4, -0.2) is 40.2 Å². The van der Waals surface area contributed by atoms with E-state index in [0.29, 0.717) is 18.0 Å². The van der Waals surface area contributed by atoms with Crippen LogP contribution in [0.25, 0.3) is 0 Å². The van der Waals surface area contributed by atoms with Crippen LogP contribution in [-0.2, 0) is 17.8 Å². The van der Waals surface area contributed by atoms with E-state index in [1.807, 2.05) is 4.90 Å². The normalized spacial score (nSPS) is 17.2. The molecular weight excluding hydrogens is 359 g/mol. The van der Waals surface area contributed by atoms with E-state index in [4.69, 9.17) is 11.6 Å². The SMILES string of the molecule is CCc1ccc(C2CNCCN2C(=O)CCn2cc(Cl)cn2)cc1.Cl. The maximum atomic E-state index is 12.7. The molecule has 1 amide bonds. The number of nitrogens with one attached hydrogen (secondary N) is 1. The number of carbonyl (C=O) groups is 1. The van der Waals surface area contributed by atoms with Gasteiger partial charge < -0.3 is 10.2 Å². The zero-order chi connectivity index (χ0) is 16.9. The van der Waals surface area contributed by atoms with Crippen molar-refractivity contribution in [2.24, 2.45) is 0 Å². The van der Waals surface area contributed by atoms with Crippen molar-refractivity contribution in [1.29, 1.82) is 0 Å². The molecule has 1 N–H and O–H groups in total. The fraction of sp³-hybridized carbons (Fsp3) is 0.444. The zero-order valence-electron chi connectivity index (χ0n) is 14.3. The van der Waals surface area contributed by atoms with Gasteiger partial charge in [-0.2, -0.15) is 5.10 Å². The molecule has 3 rings (SSSR count). The standard InChI is InChI=1S/C18H23ClN4O.ClH/c1-2-14-3-5-15(6-4-14)17-12-20-8-10-23(17)18(24)7-9-22-13-16(19)11-21-22;/h3-6,11,13,17,20H,2,7-10,12H2,1H3;1H. The van der Waals surface area contributed by atoms with Gasteiger partial charge in [0.15, 0.2) is 0 Å². The fourth-order valence-corrected chi connectivity index (χ4v) is 3.25. The molecule has 1 aromatic carbocycles. The predicted molar refractivity (Wildman–Crippen MR) is 102 cm³/mol. The summed E-state index contributed by atoms with van der Waals surface area (Å²) in [5.41, 5.74) is 2.51. The second kappa shape index (κ2) is 9.22. The third kappa shape index (κ3) is 4.97. The van der Waals surface area contributed by atoms with E-state index < -0.39 is 0 Å². The molecule has 1 atom stereocenters. The van der Waals surface area contributed by atoms with E-state index in [2.05, 4.69) is 41.6 Å². The summed E-state index contributed by atoms with van der Waals surface area (Å²) >= 11 is 5.87. The van der Waals surface area contributed by atoms with Gasteiger partial charge >= 0.3 is 0 Å². The molecule has 2 heterocycles. The zero-order valence-corrected chi connectivity index (χ0v) is 15.9. The Labute approximate surface area is 159 Å². The number of aryl methyl sites for hydroxylation is 2. The van der Waals surface area contributed by atoms with Crippen molar-refractivity contribution >= 4 is 29.9 Å². The van der Waals surface area contributed by atoms with Gasteiger partial charge in [0.1, 0.15) is 0 Å². The smallest absolute Gasteiger partial charge is 0.225 e. The Morgan fingerprint density at radius 2 is 2.12 bits per heavy atom. The first-order valence-electron chi connectivity index (χ1n) is 8.44. The number of halogens is 2. The Hall–Kier alpha value is -1.56. The number of benzene rings is 1. The monoisotopic (exact) mass is 382 g/mol. The third-order valence-corrected chi connectivity index (χ3v) is 4.69. The second-order valence-electron chi connectivity index (χ2n) is 6.07. The van der Waals surface area contributed by atoms with E-state index in [9.17, 15) is 4.79 Å². The van der Waals surface area contributed by atoms with Crippen molar-refractivity contribution in [2.45, 2.75) is 32.4 Å². The van der Waals surface area contributed by atoms with Gasteiger partial charge in [-0.25, -0.2) is 0 Å². The number of piperazine rings is 1. The molecule has 7 heteroatoms. The Balaban J connectivity index is 0.00000225. The van der Waals surface area contributed by atoms with E-state index in [1.165, 1.54) is 11.1 Å². The summed E-state index contributed by atoms with van der Waals surface area (Å²) < 4.78 is 1.72. The average Bonchev–Trinajstić information content (AvgIpc) is 3.05. The maximum Gasteiger partial charge on any atom is 0.225 e. The lowest BCUT2D eigenvalue weighted by atomic mass is 10.0. The Morgan fingerprint density at radius 3 is 2.76 bits per heavy atom. The van der Waals surface area contributed by atoms with E-state index in [0.717, 1.165) is 26.1 Å². The number of rotatable bonds is 5. The van der Waals surface area contributed by atoms with Crippen LogP contribution in [0.15, 0.2) is 36.7 Å². The van der Waals surface area contributed by atoms with Crippen LogP contribution in [0.5, 0.6) is 0 Å². The van der Waals surface area contributed by atoms with Crippen LogP contribution in [0.4, 0.5) is 0 Å². The van der Waals surface area contributed by atoms with E-state index in [1.54, 1.807) is 17.1 Å². The van der Waals surface area contributed by atoms with Crippen molar-refractivity contribution in [3.05, 3.63) is 52.8 Å². The second-order valence-corrected chi connectivity index (χ2v) is 6.51. The molecule has 0 radical (unpaired) electrons. The summed E-state index contributed by atoms with van der Waals surface area (Å²) in [7, 11) is 0. The molecule has 0 spiro atoms. The molecule has 1 saturated heterocycles. The third-order valence-electron chi connectivity index (χ3n) is 4.49. The molecular formula is C18H24Cl2N4O. The molecule has 1 aliphatic heterocycles. The minimum absolute atomic E-state index is 0. The van der Waals surface area contributed by atoms with Gasteiger partial charge in [-0.1, -0.05) is 42.8 Å². The first-order valence-corrected chi connectivity index (χ1v) is 8.82. The largest absolute Gasteiger partial charge is 0.333 e. The molecule has 136 valence electrons. The van der Waals surface area contributed by atoms with Crippen molar-refractivity contribution in [3.63, 3.8) is 0 Å². The number of carbonyl (C=O) groups excluding carboxylic acids is 1. The predicted octanol–water partition coefficient (Wildman–Crippen LogP) is 3.08. The molecule has 1 unspecified atom stereocenters. The molecule has 1 aliphatic rings. The lowest BCUT2D eigenvalue weighted by molar-refractivity contribution is -0.134. The molecule has 5 nitrogen and oxygen atoms in total. The summed E-state index contributed by atoms with van der Waals surface area (Å²) in [6, 6.07) is 8.68. The number of aromatic nitrogens is 2. The van der Waals surface area contributed by atoms with Crippen molar-refractivity contribution in [1.82, 2.24) is 20.0 Å². The summed E-state index contributed by atoms with van der Waals surface area (Å²) in [5, 5.41) is 8.12. The van der Waals surface area contributed by atoms with E-state index >= 15 is 0 Å². The lowest BCUT2D eigenvalue weighted by Gasteiger charge is -2.36. The molecule has 2 aromatic rings. The topological polar surface area (TPSA) is 50.2 Å². The number of amides is 1. The molecule has 25 heavy (non-hydrogen) atoms. The van der Waals surface area contributed by atoms with Gasteiger partial charge in [0.05, 0.1) is 17.3 Å². The van der Waals surface area contributed by atoms with E-state index in [-0.39, 0.29) is 24.4 Å². The van der Waals surface area contributed by atoms with Crippen molar-refractivity contribution < 1.29 is 4.79 Å². The van der Waals surface area contributed by atoms with Crippen LogP contribution in [0.2, 0.25) is 5.02 Å². The minimum Gasteiger partial charge on any atom is -0.333 e.